The number of hydrogen-bond donors (Lipinski definition) is 0. The Morgan fingerprint density at radius 1 is 0.938 bits per heavy atom. The molecule has 2 rings (SSSR count). The number of aromatic nitrogens is 3. The molecule has 0 aliphatic carbocycles. The van der Waals surface area contributed by atoms with Gasteiger partial charge in [-0.15, -0.1) is 0 Å². The highest BCUT2D eigenvalue weighted by Gasteiger charge is 2.03. The molecule has 6 heteroatoms. The summed E-state index contributed by atoms with van der Waals surface area (Å²) < 4.78 is 0. The Labute approximate surface area is 107 Å². The van der Waals surface area contributed by atoms with E-state index in [1.807, 2.05) is 30.3 Å². The fourth-order valence-corrected chi connectivity index (χ4v) is 2.35. The Morgan fingerprint density at radius 3 is 2.19 bits per heavy atom. The third-order valence-corrected chi connectivity index (χ3v) is 3.03. The van der Waals surface area contributed by atoms with Crippen molar-refractivity contribution in [3.63, 3.8) is 0 Å². The Hall–Kier alpha value is -0.840. The Kier molecular flexibility index (Phi) is 3.98. The minimum absolute atomic E-state index is 0.121. The van der Waals surface area contributed by atoms with Crippen molar-refractivity contribution in [3.8, 4) is 0 Å². The average molecular weight is 272 g/mol. The number of hydrogen-bond acceptors (Lipinski definition) is 4. The van der Waals surface area contributed by atoms with Crippen molar-refractivity contribution in [1.82, 2.24) is 15.0 Å². The van der Waals surface area contributed by atoms with E-state index in [1.54, 1.807) is 0 Å². The molecule has 0 spiro atoms. The highest BCUT2D eigenvalue weighted by molar-refractivity contribution is 7.98. The maximum atomic E-state index is 5.67. The lowest BCUT2D eigenvalue weighted by molar-refractivity contribution is 0.903. The first-order valence-corrected chi connectivity index (χ1v) is 6.22. The van der Waals surface area contributed by atoms with Crippen molar-refractivity contribution in [3.05, 3.63) is 46.5 Å². The minimum Gasteiger partial charge on any atom is -0.192 e. The van der Waals surface area contributed by atoms with Crippen LogP contribution in [-0.2, 0) is 5.75 Å². The molecule has 0 atom stereocenters. The van der Waals surface area contributed by atoms with Gasteiger partial charge in [-0.05, 0) is 28.8 Å². The predicted molar refractivity (Wildman–Crippen MR) is 65.9 cm³/mol. The SMILES string of the molecule is Clc1nc(Cl)nc(SCc2ccccc2)n1. The smallest absolute Gasteiger partial charge is 0.192 e. The van der Waals surface area contributed by atoms with Crippen molar-refractivity contribution in [2.45, 2.75) is 10.9 Å². The number of halogens is 2. The molecule has 0 N–H and O–H groups in total. The summed E-state index contributed by atoms with van der Waals surface area (Å²) >= 11 is 12.8. The molecule has 0 unspecified atom stereocenters. The molecule has 0 aliphatic heterocycles. The molecule has 3 nitrogen and oxygen atoms in total. The molecule has 0 amide bonds. The van der Waals surface area contributed by atoms with Gasteiger partial charge in [0.2, 0.25) is 10.6 Å². The molecule has 1 aromatic carbocycles. The van der Waals surface area contributed by atoms with Gasteiger partial charge in [0.25, 0.3) is 0 Å². The molecule has 82 valence electrons. The minimum atomic E-state index is 0.121. The van der Waals surface area contributed by atoms with Gasteiger partial charge in [-0.25, -0.2) is 0 Å². The van der Waals surface area contributed by atoms with Crippen LogP contribution in [0.2, 0.25) is 10.6 Å². The van der Waals surface area contributed by atoms with E-state index < -0.39 is 0 Å². The average Bonchev–Trinajstić information content (AvgIpc) is 2.27. The largest absolute Gasteiger partial charge is 0.227 e. The Morgan fingerprint density at radius 2 is 1.56 bits per heavy atom. The first-order chi connectivity index (χ1) is 7.74. The quantitative estimate of drug-likeness (QED) is 0.802. The summed E-state index contributed by atoms with van der Waals surface area (Å²) in [5.41, 5.74) is 1.19. The fourth-order valence-electron chi connectivity index (χ4n) is 1.10. The molecule has 16 heavy (non-hydrogen) atoms. The summed E-state index contributed by atoms with van der Waals surface area (Å²) in [6, 6.07) is 10.0. The summed E-state index contributed by atoms with van der Waals surface area (Å²) in [5, 5.41) is 0.778. The molecule has 0 bridgehead atoms. The second kappa shape index (κ2) is 5.48. The Balaban J connectivity index is 2.05. The van der Waals surface area contributed by atoms with E-state index in [0.29, 0.717) is 5.16 Å². The standard InChI is InChI=1S/C10H7Cl2N3S/c11-8-13-9(12)15-10(14-8)16-6-7-4-2-1-3-5-7/h1-5H,6H2. The van der Waals surface area contributed by atoms with E-state index in [9.17, 15) is 0 Å². The zero-order valence-corrected chi connectivity index (χ0v) is 10.4. The van der Waals surface area contributed by atoms with E-state index in [0.717, 1.165) is 5.75 Å². The lowest BCUT2D eigenvalue weighted by Gasteiger charge is -2.00. The maximum Gasteiger partial charge on any atom is 0.227 e. The molecule has 1 aromatic heterocycles. The van der Waals surface area contributed by atoms with Gasteiger partial charge >= 0.3 is 0 Å². The highest BCUT2D eigenvalue weighted by Crippen LogP contribution is 2.20. The molecular weight excluding hydrogens is 265 g/mol. The topological polar surface area (TPSA) is 38.7 Å². The van der Waals surface area contributed by atoms with Gasteiger partial charge in [-0.3, -0.25) is 0 Å². The van der Waals surface area contributed by atoms with Crippen LogP contribution in [-0.4, -0.2) is 15.0 Å². The second-order valence-electron chi connectivity index (χ2n) is 2.93. The molecule has 0 radical (unpaired) electrons. The zero-order chi connectivity index (χ0) is 11.4. The lowest BCUT2D eigenvalue weighted by atomic mass is 10.2. The molecule has 2 aromatic rings. The van der Waals surface area contributed by atoms with Crippen LogP contribution in [0.3, 0.4) is 0 Å². The van der Waals surface area contributed by atoms with Gasteiger partial charge < -0.3 is 0 Å². The van der Waals surface area contributed by atoms with Crippen LogP contribution in [0.15, 0.2) is 35.5 Å². The van der Waals surface area contributed by atoms with Gasteiger partial charge in [0.05, 0.1) is 0 Å². The third-order valence-electron chi connectivity index (χ3n) is 1.77. The van der Waals surface area contributed by atoms with Crippen molar-refractivity contribution in [2.75, 3.05) is 0 Å². The summed E-state index contributed by atoms with van der Waals surface area (Å²) in [5.74, 6) is 0.775. The first kappa shape index (κ1) is 11.6. The fraction of sp³-hybridized carbons (Fsp3) is 0.100. The van der Waals surface area contributed by atoms with Crippen LogP contribution in [0.5, 0.6) is 0 Å². The highest BCUT2D eigenvalue weighted by atomic mass is 35.5. The van der Waals surface area contributed by atoms with Gasteiger partial charge in [-0.2, -0.15) is 15.0 Å². The third kappa shape index (κ3) is 3.33. The molecule has 0 fully saturated rings. The van der Waals surface area contributed by atoms with E-state index in [-0.39, 0.29) is 10.6 Å². The van der Waals surface area contributed by atoms with Gasteiger partial charge in [0.15, 0.2) is 5.16 Å². The van der Waals surface area contributed by atoms with Crippen LogP contribution in [0.25, 0.3) is 0 Å². The molecule has 0 saturated heterocycles. The van der Waals surface area contributed by atoms with Gasteiger partial charge in [0.1, 0.15) is 0 Å². The van der Waals surface area contributed by atoms with Crippen LogP contribution >= 0.6 is 35.0 Å². The van der Waals surface area contributed by atoms with E-state index in [1.165, 1.54) is 17.3 Å². The van der Waals surface area contributed by atoms with Crippen molar-refractivity contribution < 1.29 is 0 Å². The van der Waals surface area contributed by atoms with Crippen LogP contribution in [0, 0.1) is 0 Å². The van der Waals surface area contributed by atoms with Crippen molar-refractivity contribution in [1.29, 1.82) is 0 Å². The monoisotopic (exact) mass is 271 g/mol. The summed E-state index contributed by atoms with van der Waals surface area (Å²) in [4.78, 5) is 11.6. The van der Waals surface area contributed by atoms with Gasteiger partial charge in [0, 0.05) is 5.75 Å². The predicted octanol–water partition coefficient (Wildman–Crippen LogP) is 3.47. The second-order valence-corrected chi connectivity index (χ2v) is 4.55. The molecular formula is C10H7Cl2N3S. The maximum absolute atomic E-state index is 5.67. The van der Waals surface area contributed by atoms with Crippen molar-refractivity contribution >= 4 is 35.0 Å². The van der Waals surface area contributed by atoms with E-state index in [4.69, 9.17) is 23.2 Å². The normalized spacial score (nSPS) is 10.4. The van der Waals surface area contributed by atoms with Crippen LogP contribution in [0.1, 0.15) is 5.56 Å². The van der Waals surface area contributed by atoms with E-state index in [2.05, 4.69) is 15.0 Å². The van der Waals surface area contributed by atoms with Gasteiger partial charge in [-0.1, -0.05) is 42.1 Å². The molecule has 0 aliphatic rings. The number of thioether (sulfide) groups is 1. The summed E-state index contributed by atoms with van der Waals surface area (Å²) in [7, 11) is 0. The summed E-state index contributed by atoms with van der Waals surface area (Å²) in [6.07, 6.45) is 0. The number of nitrogens with zero attached hydrogens (tertiary/aromatic N) is 3. The van der Waals surface area contributed by atoms with E-state index >= 15 is 0 Å². The summed E-state index contributed by atoms with van der Waals surface area (Å²) in [6.45, 7) is 0. The Bertz CT molecular complexity index is 458. The number of rotatable bonds is 3. The lowest BCUT2D eigenvalue weighted by Crippen LogP contribution is -1.92. The molecule has 0 saturated carbocycles. The zero-order valence-electron chi connectivity index (χ0n) is 8.10. The number of benzene rings is 1. The van der Waals surface area contributed by atoms with Crippen LogP contribution in [0.4, 0.5) is 0 Å². The molecule has 1 heterocycles. The van der Waals surface area contributed by atoms with Crippen molar-refractivity contribution in [2.24, 2.45) is 0 Å². The first-order valence-electron chi connectivity index (χ1n) is 4.48. The van der Waals surface area contributed by atoms with Crippen LogP contribution < -0.4 is 0 Å².